The number of urea groups is 1. The first-order valence-electron chi connectivity index (χ1n) is 6.94. The topological polar surface area (TPSA) is 63.2 Å². The van der Waals surface area contributed by atoms with E-state index in [4.69, 9.17) is 0 Å². The number of hydrogen-bond acceptors (Lipinski definition) is 5. The predicted octanol–water partition coefficient (Wildman–Crippen LogP) is 5.16. The van der Waals surface area contributed by atoms with E-state index >= 15 is 0 Å². The van der Waals surface area contributed by atoms with Crippen molar-refractivity contribution < 1.29 is 27.1 Å². The van der Waals surface area contributed by atoms with Crippen LogP contribution in [0.1, 0.15) is 0 Å². The van der Waals surface area contributed by atoms with Crippen LogP contribution in [0.3, 0.4) is 0 Å². The third-order valence-corrected chi connectivity index (χ3v) is 4.77. The number of hydrogen-bond donors (Lipinski definition) is 2. The van der Waals surface area contributed by atoms with Gasteiger partial charge >= 0.3 is 12.4 Å². The Hall–Kier alpha value is -2.53. The van der Waals surface area contributed by atoms with Gasteiger partial charge in [-0.05, 0) is 42.5 Å². The fourth-order valence-electron chi connectivity index (χ4n) is 1.90. The zero-order valence-electron chi connectivity index (χ0n) is 12.6. The molecular weight excluding hydrogens is 394 g/mol. The highest BCUT2D eigenvalue weighted by Gasteiger charge is 2.31. The number of benzene rings is 2. The molecule has 1 aromatic heterocycles. The highest BCUT2D eigenvalue weighted by Crippen LogP contribution is 2.32. The van der Waals surface area contributed by atoms with Gasteiger partial charge in [0.05, 0.1) is 10.2 Å². The summed E-state index contributed by atoms with van der Waals surface area (Å²) < 4.78 is 56.8. The van der Waals surface area contributed by atoms with E-state index in [0.717, 1.165) is 23.3 Å². The van der Waals surface area contributed by atoms with Crippen LogP contribution in [0.5, 0.6) is 5.75 Å². The monoisotopic (exact) mass is 403 g/mol. The average Bonchev–Trinajstić information content (AvgIpc) is 2.96. The van der Waals surface area contributed by atoms with Crippen LogP contribution in [-0.4, -0.2) is 17.4 Å². The van der Waals surface area contributed by atoms with E-state index in [0.29, 0.717) is 20.2 Å². The van der Waals surface area contributed by atoms with Crippen molar-refractivity contribution in [3.05, 3.63) is 48.3 Å². The van der Waals surface area contributed by atoms with Crippen molar-refractivity contribution in [3.8, 4) is 5.75 Å². The summed E-state index contributed by atoms with van der Waals surface area (Å²) in [6.07, 6.45) is -4.77. The standard InChI is InChI=1S/C15H9F4N3O2S2/c16-8-1-3-9(4-2-8)20-13(23)22-26-14-21-11-6-5-10(7-12(11)25-14)24-15(17,18)19/h1-7H,(H2,20,22,23). The Bertz CT molecular complexity index is 929. The van der Waals surface area contributed by atoms with Gasteiger partial charge in [-0.15, -0.1) is 24.5 Å². The molecule has 3 aromatic rings. The van der Waals surface area contributed by atoms with Crippen LogP contribution in [-0.2, 0) is 0 Å². The molecule has 2 amide bonds. The minimum atomic E-state index is -4.77. The third-order valence-electron chi connectivity index (χ3n) is 2.91. The second-order valence-electron chi connectivity index (χ2n) is 4.82. The Balaban J connectivity index is 1.61. The van der Waals surface area contributed by atoms with Crippen LogP contribution in [0.2, 0.25) is 0 Å². The number of aromatic nitrogens is 1. The first-order chi connectivity index (χ1) is 12.3. The van der Waals surface area contributed by atoms with Crippen molar-refractivity contribution in [2.24, 2.45) is 0 Å². The lowest BCUT2D eigenvalue weighted by molar-refractivity contribution is -0.274. The summed E-state index contributed by atoms with van der Waals surface area (Å²) in [6.45, 7) is 0. The van der Waals surface area contributed by atoms with Gasteiger partial charge in [0.2, 0.25) is 0 Å². The van der Waals surface area contributed by atoms with Crippen molar-refractivity contribution in [1.82, 2.24) is 9.71 Å². The summed E-state index contributed by atoms with van der Waals surface area (Å²) in [4.78, 5) is 16.0. The van der Waals surface area contributed by atoms with Gasteiger partial charge in [-0.1, -0.05) is 0 Å². The fourth-order valence-corrected chi connectivity index (χ4v) is 3.57. The van der Waals surface area contributed by atoms with Crippen LogP contribution in [0.4, 0.5) is 28.0 Å². The SMILES string of the molecule is O=C(NSc1nc2ccc(OC(F)(F)F)cc2s1)Nc1ccc(F)cc1. The first kappa shape index (κ1) is 18.3. The minimum absolute atomic E-state index is 0.341. The molecule has 0 aliphatic rings. The van der Waals surface area contributed by atoms with Crippen LogP contribution < -0.4 is 14.8 Å². The summed E-state index contributed by atoms with van der Waals surface area (Å²) in [5.74, 6) is -0.763. The number of rotatable bonds is 4. The second-order valence-corrected chi connectivity index (χ2v) is 6.91. The molecular formula is C15H9F4N3O2S2. The van der Waals surface area contributed by atoms with E-state index in [9.17, 15) is 22.4 Å². The molecule has 0 fully saturated rings. The van der Waals surface area contributed by atoms with E-state index < -0.39 is 18.2 Å². The molecule has 0 unspecified atom stereocenters. The number of ether oxygens (including phenoxy) is 1. The summed E-state index contributed by atoms with van der Waals surface area (Å²) in [5.41, 5.74) is 0.885. The maximum Gasteiger partial charge on any atom is 0.573 e. The number of nitrogens with one attached hydrogen (secondary N) is 2. The van der Waals surface area contributed by atoms with Gasteiger partial charge in [0, 0.05) is 17.6 Å². The Labute approximate surface area is 152 Å². The molecule has 11 heteroatoms. The average molecular weight is 403 g/mol. The van der Waals surface area contributed by atoms with Gasteiger partial charge in [-0.3, -0.25) is 4.72 Å². The van der Waals surface area contributed by atoms with Crippen molar-refractivity contribution >= 4 is 45.2 Å². The zero-order chi connectivity index (χ0) is 18.7. The lowest BCUT2D eigenvalue weighted by Gasteiger charge is -2.07. The van der Waals surface area contributed by atoms with Crippen LogP contribution in [0, 0.1) is 5.82 Å². The molecule has 2 aromatic carbocycles. The highest BCUT2D eigenvalue weighted by molar-refractivity contribution is 7.99. The number of amides is 2. The molecule has 5 nitrogen and oxygen atoms in total. The largest absolute Gasteiger partial charge is 0.573 e. The quantitative estimate of drug-likeness (QED) is 0.466. The normalized spacial score (nSPS) is 11.4. The highest BCUT2D eigenvalue weighted by atomic mass is 32.2. The number of carbonyl (C=O) groups is 1. The van der Waals surface area contributed by atoms with Gasteiger partial charge in [-0.25, -0.2) is 14.2 Å². The van der Waals surface area contributed by atoms with E-state index in [1.807, 2.05) is 0 Å². The maximum absolute atomic E-state index is 12.8. The van der Waals surface area contributed by atoms with Crippen molar-refractivity contribution in [2.75, 3.05) is 5.32 Å². The molecule has 1 heterocycles. The fraction of sp³-hybridized carbons (Fsp3) is 0.0667. The third kappa shape index (κ3) is 4.99. The van der Waals surface area contributed by atoms with Crippen molar-refractivity contribution in [2.45, 2.75) is 10.7 Å². The van der Waals surface area contributed by atoms with Gasteiger partial charge in [0.15, 0.2) is 4.34 Å². The number of halogens is 4. The molecule has 0 aliphatic heterocycles. The molecule has 0 saturated heterocycles. The van der Waals surface area contributed by atoms with Crippen molar-refractivity contribution in [3.63, 3.8) is 0 Å². The van der Waals surface area contributed by atoms with Gasteiger partial charge in [0.1, 0.15) is 11.6 Å². The van der Waals surface area contributed by atoms with Gasteiger partial charge in [0.25, 0.3) is 0 Å². The molecule has 3 rings (SSSR count). The van der Waals surface area contributed by atoms with E-state index in [1.54, 1.807) is 0 Å². The number of nitrogens with zero attached hydrogens (tertiary/aromatic N) is 1. The van der Waals surface area contributed by atoms with E-state index in [2.05, 4.69) is 19.8 Å². The molecule has 26 heavy (non-hydrogen) atoms. The van der Waals surface area contributed by atoms with E-state index in [-0.39, 0.29) is 5.75 Å². The molecule has 0 aliphatic carbocycles. The lowest BCUT2D eigenvalue weighted by atomic mass is 10.3. The van der Waals surface area contributed by atoms with Crippen LogP contribution >= 0.6 is 23.3 Å². The zero-order valence-corrected chi connectivity index (χ0v) is 14.3. The minimum Gasteiger partial charge on any atom is -0.406 e. The summed E-state index contributed by atoms with van der Waals surface area (Å²) in [5, 5.41) is 2.50. The smallest absolute Gasteiger partial charge is 0.406 e. The number of alkyl halides is 3. The van der Waals surface area contributed by atoms with E-state index in [1.165, 1.54) is 42.5 Å². The predicted molar refractivity (Wildman–Crippen MR) is 90.7 cm³/mol. The molecule has 0 bridgehead atoms. The Kier molecular flexibility index (Phi) is 5.18. The van der Waals surface area contributed by atoms with Crippen LogP contribution in [0.15, 0.2) is 46.8 Å². The number of carbonyl (C=O) groups excluding carboxylic acids is 1. The number of fused-ring (bicyclic) bond motifs is 1. The number of anilines is 1. The Morgan fingerprint density at radius 2 is 1.88 bits per heavy atom. The Morgan fingerprint density at radius 3 is 2.58 bits per heavy atom. The lowest BCUT2D eigenvalue weighted by Crippen LogP contribution is -2.22. The Morgan fingerprint density at radius 1 is 1.15 bits per heavy atom. The first-order valence-corrected chi connectivity index (χ1v) is 8.57. The van der Waals surface area contributed by atoms with Gasteiger partial charge in [-0.2, -0.15) is 0 Å². The van der Waals surface area contributed by atoms with Crippen molar-refractivity contribution in [1.29, 1.82) is 0 Å². The molecule has 136 valence electrons. The maximum atomic E-state index is 12.8. The second kappa shape index (κ2) is 7.38. The molecule has 0 spiro atoms. The molecule has 0 radical (unpaired) electrons. The number of thiazole rings is 1. The summed E-state index contributed by atoms with van der Waals surface area (Å²) >= 11 is 2.00. The van der Waals surface area contributed by atoms with Crippen LogP contribution in [0.25, 0.3) is 10.2 Å². The summed E-state index contributed by atoms with van der Waals surface area (Å²) in [7, 11) is 0. The summed E-state index contributed by atoms with van der Waals surface area (Å²) in [6, 6.07) is 8.45. The van der Waals surface area contributed by atoms with Gasteiger partial charge < -0.3 is 10.1 Å². The molecule has 0 saturated carbocycles. The molecule has 0 atom stereocenters. The molecule has 2 N–H and O–H groups in total.